The van der Waals surface area contributed by atoms with Gasteiger partial charge < -0.3 is 0 Å². The van der Waals surface area contributed by atoms with Gasteiger partial charge in [-0.2, -0.15) is 9.90 Å². The summed E-state index contributed by atoms with van der Waals surface area (Å²) in [7, 11) is 0. The van der Waals surface area contributed by atoms with Crippen molar-refractivity contribution in [3.8, 4) is 0 Å². The van der Waals surface area contributed by atoms with E-state index in [2.05, 4.69) is 56.3 Å². The highest BCUT2D eigenvalue weighted by Crippen LogP contribution is 2.30. The molecule has 3 rings (SSSR count). The van der Waals surface area contributed by atoms with Crippen LogP contribution in [0.25, 0.3) is 0 Å². The van der Waals surface area contributed by atoms with E-state index in [0.717, 1.165) is 31.0 Å². The van der Waals surface area contributed by atoms with E-state index in [0.29, 0.717) is 6.54 Å². The van der Waals surface area contributed by atoms with Crippen LogP contribution in [-0.4, -0.2) is 46.8 Å². The first-order valence-electron chi connectivity index (χ1n) is 6.93. The van der Waals surface area contributed by atoms with Crippen molar-refractivity contribution in [2.45, 2.75) is 51.7 Å². The highest BCUT2D eigenvalue weighted by Gasteiger charge is 2.29. The summed E-state index contributed by atoms with van der Waals surface area (Å²) in [6.45, 7) is 7.90. The standard InChI is InChI=1S/C12H20N8/c1-12(2,3)20-17-10(15-18-20)7-19-6-4-5-9(19)11-13-8-14-16-11/h8-9H,4-7H2,1-3H3,(H,13,14,16)/t9-/m0/s1. The van der Waals surface area contributed by atoms with Crippen molar-refractivity contribution in [3.63, 3.8) is 0 Å². The molecule has 0 aromatic carbocycles. The van der Waals surface area contributed by atoms with Gasteiger partial charge in [-0.25, -0.2) is 4.98 Å². The molecule has 0 bridgehead atoms. The molecule has 1 aliphatic heterocycles. The van der Waals surface area contributed by atoms with Crippen LogP contribution >= 0.6 is 0 Å². The van der Waals surface area contributed by atoms with Gasteiger partial charge in [-0.1, -0.05) is 0 Å². The molecule has 2 aromatic heterocycles. The molecule has 0 aliphatic carbocycles. The van der Waals surface area contributed by atoms with E-state index >= 15 is 0 Å². The zero-order valence-electron chi connectivity index (χ0n) is 12.1. The first-order chi connectivity index (χ1) is 9.54. The normalized spacial score (nSPS) is 20.6. The lowest BCUT2D eigenvalue weighted by atomic mass is 10.1. The SMILES string of the molecule is CC(C)(C)n1nnc(CN2CCC[C@H]2c2ncn[nH]2)n1. The second-order valence-corrected chi connectivity index (χ2v) is 6.17. The minimum absolute atomic E-state index is 0.138. The Hall–Kier alpha value is -1.83. The van der Waals surface area contributed by atoms with Gasteiger partial charge in [0.25, 0.3) is 0 Å². The molecular weight excluding hydrogens is 256 g/mol. The largest absolute Gasteiger partial charge is 0.286 e. The summed E-state index contributed by atoms with van der Waals surface area (Å²) in [5.41, 5.74) is -0.138. The number of H-pyrrole nitrogens is 1. The third kappa shape index (κ3) is 2.55. The van der Waals surface area contributed by atoms with Crippen LogP contribution in [0.2, 0.25) is 0 Å². The number of aromatic nitrogens is 7. The zero-order chi connectivity index (χ0) is 14.2. The molecule has 1 aliphatic rings. The van der Waals surface area contributed by atoms with Crippen molar-refractivity contribution in [3.05, 3.63) is 18.0 Å². The predicted octanol–water partition coefficient (Wildman–Crippen LogP) is 0.883. The molecule has 3 heterocycles. The Morgan fingerprint density at radius 2 is 2.25 bits per heavy atom. The van der Waals surface area contributed by atoms with Crippen LogP contribution in [0.4, 0.5) is 0 Å². The highest BCUT2D eigenvalue weighted by atomic mass is 15.6. The number of hydrogen-bond acceptors (Lipinski definition) is 6. The molecule has 0 amide bonds. The van der Waals surface area contributed by atoms with Crippen LogP contribution in [0.15, 0.2) is 6.33 Å². The van der Waals surface area contributed by atoms with Gasteiger partial charge in [-0.05, 0) is 45.4 Å². The molecule has 0 spiro atoms. The Labute approximate surface area is 117 Å². The van der Waals surface area contributed by atoms with E-state index in [-0.39, 0.29) is 11.6 Å². The summed E-state index contributed by atoms with van der Waals surface area (Å²) >= 11 is 0. The number of nitrogens with zero attached hydrogens (tertiary/aromatic N) is 7. The second-order valence-electron chi connectivity index (χ2n) is 6.17. The van der Waals surface area contributed by atoms with Crippen LogP contribution < -0.4 is 0 Å². The van der Waals surface area contributed by atoms with Crippen LogP contribution in [0.3, 0.4) is 0 Å². The molecule has 1 atom stereocenters. The fourth-order valence-corrected chi connectivity index (χ4v) is 2.47. The number of likely N-dealkylation sites (tertiary alicyclic amines) is 1. The van der Waals surface area contributed by atoms with Crippen molar-refractivity contribution >= 4 is 0 Å². The third-order valence-electron chi connectivity index (χ3n) is 3.51. The van der Waals surface area contributed by atoms with Crippen LogP contribution in [0.1, 0.15) is 51.3 Å². The Balaban J connectivity index is 1.72. The van der Waals surface area contributed by atoms with E-state index in [4.69, 9.17) is 0 Å². The number of hydrogen-bond donors (Lipinski definition) is 1. The number of aromatic amines is 1. The smallest absolute Gasteiger partial charge is 0.188 e. The Bertz CT molecular complexity index is 552. The lowest BCUT2D eigenvalue weighted by molar-refractivity contribution is 0.232. The molecule has 0 saturated carbocycles. The minimum Gasteiger partial charge on any atom is -0.286 e. The van der Waals surface area contributed by atoms with E-state index in [1.54, 1.807) is 11.1 Å². The lowest BCUT2D eigenvalue weighted by Crippen LogP contribution is -2.26. The first kappa shape index (κ1) is 13.2. The van der Waals surface area contributed by atoms with Crippen LogP contribution in [0, 0.1) is 0 Å². The van der Waals surface area contributed by atoms with Crippen molar-refractivity contribution in [1.82, 2.24) is 40.3 Å². The molecule has 20 heavy (non-hydrogen) atoms. The summed E-state index contributed by atoms with van der Waals surface area (Å²) in [5.74, 6) is 1.68. The zero-order valence-corrected chi connectivity index (χ0v) is 12.1. The lowest BCUT2D eigenvalue weighted by Gasteiger charge is -2.20. The molecule has 2 aromatic rings. The van der Waals surface area contributed by atoms with Gasteiger partial charge >= 0.3 is 0 Å². The quantitative estimate of drug-likeness (QED) is 0.895. The molecule has 8 heteroatoms. The Kier molecular flexibility index (Phi) is 3.25. The van der Waals surface area contributed by atoms with Crippen molar-refractivity contribution < 1.29 is 0 Å². The highest BCUT2D eigenvalue weighted by molar-refractivity contribution is 4.97. The van der Waals surface area contributed by atoms with Crippen LogP contribution in [0.5, 0.6) is 0 Å². The molecule has 0 unspecified atom stereocenters. The average molecular weight is 276 g/mol. The van der Waals surface area contributed by atoms with Crippen LogP contribution in [-0.2, 0) is 12.1 Å². The molecule has 0 radical (unpaired) electrons. The summed E-state index contributed by atoms with van der Waals surface area (Å²) < 4.78 is 0. The maximum atomic E-state index is 4.47. The molecule has 8 nitrogen and oxygen atoms in total. The molecule has 1 fully saturated rings. The van der Waals surface area contributed by atoms with Crippen molar-refractivity contribution in [1.29, 1.82) is 0 Å². The fourth-order valence-electron chi connectivity index (χ4n) is 2.47. The monoisotopic (exact) mass is 276 g/mol. The van der Waals surface area contributed by atoms with Crippen molar-refractivity contribution in [2.24, 2.45) is 0 Å². The third-order valence-corrected chi connectivity index (χ3v) is 3.51. The van der Waals surface area contributed by atoms with Gasteiger partial charge in [0.15, 0.2) is 5.82 Å². The summed E-state index contributed by atoms with van der Waals surface area (Å²) in [5, 5.41) is 19.6. The summed E-state index contributed by atoms with van der Waals surface area (Å²) in [6, 6.07) is 0.277. The Morgan fingerprint density at radius 1 is 1.40 bits per heavy atom. The van der Waals surface area contributed by atoms with E-state index < -0.39 is 0 Å². The average Bonchev–Trinajstić information content (AvgIpc) is 3.08. The van der Waals surface area contributed by atoms with Gasteiger partial charge in [0, 0.05) is 0 Å². The number of nitrogens with one attached hydrogen (secondary N) is 1. The molecular formula is C12H20N8. The fraction of sp³-hybridized carbons (Fsp3) is 0.750. The number of tetrazole rings is 1. The maximum absolute atomic E-state index is 4.47. The van der Waals surface area contributed by atoms with Gasteiger partial charge in [-0.3, -0.25) is 10.00 Å². The molecule has 1 saturated heterocycles. The maximum Gasteiger partial charge on any atom is 0.188 e. The first-order valence-corrected chi connectivity index (χ1v) is 6.93. The number of rotatable bonds is 3. The Morgan fingerprint density at radius 3 is 2.90 bits per heavy atom. The molecule has 108 valence electrons. The van der Waals surface area contributed by atoms with Gasteiger partial charge in [0.1, 0.15) is 12.2 Å². The summed E-state index contributed by atoms with van der Waals surface area (Å²) in [6.07, 6.45) is 3.79. The summed E-state index contributed by atoms with van der Waals surface area (Å²) in [4.78, 5) is 8.26. The van der Waals surface area contributed by atoms with E-state index in [1.807, 2.05) is 0 Å². The minimum atomic E-state index is -0.138. The van der Waals surface area contributed by atoms with Crippen molar-refractivity contribution in [2.75, 3.05) is 6.54 Å². The topological polar surface area (TPSA) is 88.4 Å². The van der Waals surface area contributed by atoms with Gasteiger partial charge in [0.05, 0.1) is 18.1 Å². The predicted molar refractivity (Wildman–Crippen MR) is 71.6 cm³/mol. The van der Waals surface area contributed by atoms with Gasteiger partial charge in [-0.15, -0.1) is 10.2 Å². The second kappa shape index (κ2) is 4.93. The van der Waals surface area contributed by atoms with E-state index in [9.17, 15) is 0 Å². The van der Waals surface area contributed by atoms with E-state index in [1.165, 1.54) is 0 Å². The van der Waals surface area contributed by atoms with Gasteiger partial charge in [0.2, 0.25) is 0 Å². The molecule has 1 N–H and O–H groups in total.